The summed E-state index contributed by atoms with van der Waals surface area (Å²) in [6.45, 7) is 0.403. The molecule has 2 rings (SSSR count). The molecule has 2 aromatic rings. The van der Waals surface area contributed by atoms with Crippen molar-refractivity contribution in [3.63, 3.8) is 0 Å². The van der Waals surface area contributed by atoms with Gasteiger partial charge in [-0.15, -0.1) is 0 Å². The monoisotopic (exact) mass is 375 g/mol. The zero-order chi connectivity index (χ0) is 13.1. The van der Waals surface area contributed by atoms with Crippen LogP contribution in [-0.4, -0.2) is 0 Å². The summed E-state index contributed by atoms with van der Waals surface area (Å²) in [5.41, 5.74) is 1.25. The van der Waals surface area contributed by atoms with Gasteiger partial charge in [0.1, 0.15) is 11.6 Å². The molecule has 0 aliphatic heterocycles. The smallest absolute Gasteiger partial charge is 0.147 e. The van der Waals surface area contributed by atoms with E-state index in [1.807, 2.05) is 0 Å². The summed E-state index contributed by atoms with van der Waals surface area (Å²) in [5, 5.41) is 2.98. The van der Waals surface area contributed by atoms with Crippen LogP contribution >= 0.6 is 31.9 Å². The van der Waals surface area contributed by atoms with Crippen LogP contribution in [0.25, 0.3) is 0 Å². The van der Waals surface area contributed by atoms with Gasteiger partial charge in [-0.1, -0.05) is 28.1 Å². The number of rotatable bonds is 3. The van der Waals surface area contributed by atoms with Gasteiger partial charge in [0.25, 0.3) is 0 Å². The molecule has 0 saturated heterocycles. The summed E-state index contributed by atoms with van der Waals surface area (Å²) in [5.74, 6) is -0.639. The number of anilines is 1. The highest BCUT2D eigenvalue weighted by molar-refractivity contribution is 9.10. The van der Waals surface area contributed by atoms with Crippen LogP contribution < -0.4 is 5.32 Å². The minimum atomic E-state index is -0.331. The van der Waals surface area contributed by atoms with Gasteiger partial charge >= 0.3 is 0 Å². The fraction of sp³-hybridized carbons (Fsp3) is 0.0769. The number of para-hydroxylation sites is 1. The van der Waals surface area contributed by atoms with E-state index in [0.29, 0.717) is 21.2 Å². The van der Waals surface area contributed by atoms with E-state index in [9.17, 15) is 8.78 Å². The Morgan fingerprint density at radius 2 is 1.78 bits per heavy atom. The van der Waals surface area contributed by atoms with Crippen LogP contribution in [0.5, 0.6) is 0 Å². The molecule has 0 spiro atoms. The Balaban J connectivity index is 2.16. The third-order valence-corrected chi connectivity index (χ3v) is 3.83. The normalized spacial score (nSPS) is 10.4. The van der Waals surface area contributed by atoms with E-state index < -0.39 is 0 Å². The quantitative estimate of drug-likeness (QED) is 0.785. The van der Waals surface area contributed by atoms with Crippen LogP contribution in [0, 0.1) is 11.6 Å². The molecule has 0 atom stereocenters. The predicted octanol–water partition coefficient (Wildman–Crippen LogP) is 5.10. The molecule has 0 amide bonds. The van der Waals surface area contributed by atoms with E-state index in [2.05, 4.69) is 37.2 Å². The number of hydrogen-bond acceptors (Lipinski definition) is 1. The molecule has 0 unspecified atom stereocenters. The van der Waals surface area contributed by atoms with Crippen molar-refractivity contribution in [1.29, 1.82) is 0 Å². The van der Waals surface area contributed by atoms with Crippen LogP contribution in [0.3, 0.4) is 0 Å². The lowest BCUT2D eigenvalue weighted by atomic mass is 10.2. The average Bonchev–Trinajstić information content (AvgIpc) is 2.31. The maximum atomic E-state index is 13.6. The number of hydrogen-bond donors (Lipinski definition) is 1. The summed E-state index contributed by atoms with van der Waals surface area (Å²) in [6.07, 6.45) is 0. The lowest BCUT2D eigenvalue weighted by molar-refractivity contribution is 0.625. The SMILES string of the molecule is Fc1ccc(CNc2c(F)cccc2Br)c(Br)c1. The van der Waals surface area contributed by atoms with Gasteiger partial charge in [0, 0.05) is 15.5 Å². The molecule has 0 bridgehead atoms. The van der Waals surface area contributed by atoms with E-state index >= 15 is 0 Å². The van der Waals surface area contributed by atoms with Gasteiger partial charge in [0.2, 0.25) is 0 Å². The van der Waals surface area contributed by atoms with Crippen molar-refractivity contribution >= 4 is 37.5 Å². The second kappa shape index (κ2) is 5.80. The molecule has 1 N–H and O–H groups in total. The van der Waals surface area contributed by atoms with Gasteiger partial charge in [-0.05, 0) is 45.8 Å². The second-order valence-electron chi connectivity index (χ2n) is 3.69. The van der Waals surface area contributed by atoms with Crippen LogP contribution in [0.15, 0.2) is 45.3 Å². The first-order valence-corrected chi connectivity index (χ1v) is 6.78. The third kappa shape index (κ3) is 3.09. The highest BCUT2D eigenvalue weighted by Gasteiger charge is 2.07. The van der Waals surface area contributed by atoms with Gasteiger partial charge in [-0.3, -0.25) is 0 Å². The van der Waals surface area contributed by atoms with Crippen LogP contribution in [0.2, 0.25) is 0 Å². The molecular formula is C13H9Br2F2N. The van der Waals surface area contributed by atoms with Crippen molar-refractivity contribution in [2.75, 3.05) is 5.32 Å². The molecule has 0 radical (unpaired) electrons. The van der Waals surface area contributed by atoms with Crippen LogP contribution in [0.1, 0.15) is 5.56 Å². The minimum Gasteiger partial charge on any atom is -0.378 e. The first kappa shape index (κ1) is 13.5. The fourth-order valence-electron chi connectivity index (χ4n) is 1.52. The Morgan fingerprint density at radius 3 is 2.44 bits per heavy atom. The second-order valence-corrected chi connectivity index (χ2v) is 5.39. The molecule has 0 aromatic heterocycles. The molecule has 0 heterocycles. The van der Waals surface area contributed by atoms with E-state index in [1.54, 1.807) is 18.2 Å². The van der Waals surface area contributed by atoms with Crippen molar-refractivity contribution < 1.29 is 8.78 Å². The standard InChI is InChI=1S/C13H9Br2F2N/c14-10-2-1-3-12(17)13(10)18-7-8-4-5-9(16)6-11(8)15/h1-6,18H,7H2. The van der Waals surface area contributed by atoms with Crippen molar-refractivity contribution in [2.24, 2.45) is 0 Å². The Bertz CT molecular complexity index is 553. The Labute approximate surface area is 120 Å². The Morgan fingerprint density at radius 1 is 1.00 bits per heavy atom. The molecule has 2 aromatic carbocycles. The summed E-state index contributed by atoms with van der Waals surface area (Å²) >= 11 is 6.55. The fourth-order valence-corrected chi connectivity index (χ4v) is 2.49. The first-order chi connectivity index (χ1) is 8.58. The summed E-state index contributed by atoms with van der Waals surface area (Å²) < 4.78 is 27.8. The summed E-state index contributed by atoms with van der Waals surface area (Å²) in [6, 6.07) is 9.17. The molecule has 0 fully saturated rings. The number of nitrogens with one attached hydrogen (secondary N) is 1. The minimum absolute atomic E-state index is 0.308. The highest BCUT2D eigenvalue weighted by Crippen LogP contribution is 2.26. The molecule has 0 aliphatic carbocycles. The van der Waals surface area contributed by atoms with E-state index in [0.717, 1.165) is 5.56 Å². The predicted molar refractivity (Wildman–Crippen MR) is 75.5 cm³/mol. The Kier molecular flexibility index (Phi) is 4.35. The lowest BCUT2D eigenvalue weighted by Gasteiger charge is -2.10. The van der Waals surface area contributed by atoms with E-state index in [1.165, 1.54) is 18.2 Å². The van der Waals surface area contributed by atoms with Gasteiger partial charge < -0.3 is 5.32 Å². The molecule has 1 nitrogen and oxygen atoms in total. The van der Waals surface area contributed by atoms with Crippen LogP contribution in [-0.2, 0) is 6.54 Å². The zero-order valence-corrected chi connectivity index (χ0v) is 12.4. The van der Waals surface area contributed by atoms with Crippen molar-refractivity contribution in [3.05, 3.63) is 62.5 Å². The lowest BCUT2D eigenvalue weighted by Crippen LogP contribution is -2.03. The van der Waals surface area contributed by atoms with Gasteiger partial charge in [-0.25, -0.2) is 8.78 Å². The van der Waals surface area contributed by atoms with Gasteiger partial charge in [0.05, 0.1) is 5.69 Å². The summed E-state index contributed by atoms with van der Waals surface area (Å²) in [4.78, 5) is 0. The third-order valence-electron chi connectivity index (χ3n) is 2.43. The largest absolute Gasteiger partial charge is 0.378 e. The van der Waals surface area contributed by atoms with Crippen LogP contribution in [0.4, 0.5) is 14.5 Å². The first-order valence-electron chi connectivity index (χ1n) is 5.20. The maximum Gasteiger partial charge on any atom is 0.147 e. The molecule has 0 saturated carbocycles. The van der Waals surface area contributed by atoms with Crippen molar-refractivity contribution in [1.82, 2.24) is 0 Å². The molecular weight excluding hydrogens is 368 g/mol. The molecule has 18 heavy (non-hydrogen) atoms. The van der Waals surface area contributed by atoms with E-state index in [-0.39, 0.29) is 11.6 Å². The number of halogens is 4. The maximum absolute atomic E-state index is 13.6. The zero-order valence-electron chi connectivity index (χ0n) is 9.18. The van der Waals surface area contributed by atoms with Gasteiger partial charge in [-0.2, -0.15) is 0 Å². The topological polar surface area (TPSA) is 12.0 Å². The summed E-state index contributed by atoms with van der Waals surface area (Å²) in [7, 11) is 0. The Hall–Kier alpha value is -0.940. The average molecular weight is 377 g/mol. The van der Waals surface area contributed by atoms with Gasteiger partial charge in [0.15, 0.2) is 0 Å². The highest BCUT2D eigenvalue weighted by atomic mass is 79.9. The van der Waals surface area contributed by atoms with Crippen molar-refractivity contribution in [3.8, 4) is 0 Å². The molecule has 0 aliphatic rings. The molecule has 5 heteroatoms. The number of benzene rings is 2. The molecule has 94 valence electrons. The van der Waals surface area contributed by atoms with E-state index in [4.69, 9.17) is 0 Å². The van der Waals surface area contributed by atoms with Crippen molar-refractivity contribution in [2.45, 2.75) is 6.54 Å².